The van der Waals surface area contributed by atoms with Crippen molar-refractivity contribution in [1.82, 2.24) is 0 Å². The summed E-state index contributed by atoms with van der Waals surface area (Å²) in [5.74, 6) is -3.07. The Balaban J connectivity index is 1.56. The summed E-state index contributed by atoms with van der Waals surface area (Å²) in [6, 6.07) is 24.3. The van der Waals surface area contributed by atoms with Crippen LogP contribution in [0.5, 0.6) is 5.75 Å². The number of aromatic hydroxyl groups is 1. The molecule has 2 amide bonds. The summed E-state index contributed by atoms with van der Waals surface area (Å²) >= 11 is 0. The maximum Gasteiger partial charge on any atom is 0.339 e. The van der Waals surface area contributed by atoms with Gasteiger partial charge in [-0.2, -0.15) is 0 Å². The smallest absolute Gasteiger partial charge is 0.339 e. The summed E-state index contributed by atoms with van der Waals surface area (Å²) in [7, 11) is 0. The van der Waals surface area contributed by atoms with Gasteiger partial charge < -0.3 is 15.3 Å². The molecule has 41 heavy (non-hydrogen) atoms. The number of hydrogen-bond acceptors (Lipinski definition) is 5. The van der Waals surface area contributed by atoms with Crippen LogP contribution in [0.25, 0.3) is 12.2 Å². The number of carboxylic acid groups (broad SMARTS) is 2. The fourth-order valence-corrected chi connectivity index (χ4v) is 4.28. The van der Waals surface area contributed by atoms with Crippen LogP contribution in [-0.4, -0.2) is 39.1 Å². The number of nitrogens with zero attached hydrogens (tertiary/aromatic N) is 2. The van der Waals surface area contributed by atoms with Gasteiger partial charge in [0.25, 0.3) is 0 Å². The van der Waals surface area contributed by atoms with Gasteiger partial charge in [0.05, 0.1) is 5.56 Å². The first-order chi connectivity index (χ1) is 19.5. The third-order valence-electron chi connectivity index (χ3n) is 6.24. The number of phenols is 1. The van der Waals surface area contributed by atoms with Crippen LogP contribution in [0.3, 0.4) is 0 Å². The van der Waals surface area contributed by atoms with Crippen LogP contribution in [-0.2, 0) is 9.59 Å². The molecule has 4 aromatic rings. The molecule has 0 radical (unpaired) electrons. The van der Waals surface area contributed by atoms with Crippen molar-refractivity contribution in [2.45, 2.75) is 13.8 Å². The first-order valence-electron chi connectivity index (χ1n) is 12.4. The molecule has 4 aromatic carbocycles. The lowest BCUT2D eigenvalue weighted by atomic mass is 10.1. The average molecular weight is 551 g/mol. The van der Waals surface area contributed by atoms with Gasteiger partial charge in [0.1, 0.15) is 11.3 Å². The van der Waals surface area contributed by atoms with E-state index in [-0.39, 0.29) is 28.7 Å². The molecule has 4 rings (SSSR count). The second kappa shape index (κ2) is 12.0. The van der Waals surface area contributed by atoms with E-state index in [1.54, 1.807) is 66.7 Å². The second-order valence-electron chi connectivity index (χ2n) is 9.08. The van der Waals surface area contributed by atoms with E-state index in [1.165, 1.54) is 47.9 Å². The molecule has 0 aromatic heterocycles. The Labute approximate surface area is 235 Å². The van der Waals surface area contributed by atoms with E-state index >= 15 is 0 Å². The van der Waals surface area contributed by atoms with E-state index in [1.807, 2.05) is 12.1 Å². The fourth-order valence-electron chi connectivity index (χ4n) is 4.28. The average Bonchev–Trinajstić information content (AvgIpc) is 2.94. The quantitative estimate of drug-likeness (QED) is 0.218. The van der Waals surface area contributed by atoms with Crippen LogP contribution in [0.2, 0.25) is 0 Å². The Kier molecular flexibility index (Phi) is 8.29. The lowest BCUT2D eigenvalue weighted by molar-refractivity contribution is -0.116. The highest BCUT2D eigenvalue weighted by molar-refractivity contribution is 6.02. The standard InChI is InChI=1S/C32H26N2O7/c1-20(35)33(25-10-5-22(6-11-25)3-4-23-7-18-30(37)29(19-23)32(40)41)27-14-16-28(17-15-27)34(21(2)36)26-12-8-24(9-13-26)31(38)39/h3-19,37H,1-2H3,(H,38,39)(H,40,41)/b4-3+. The minimum atomic E-state index is -1.22. The largest absolute Gasteiger partial charge is 0.507 e. The van der Waals surface area contributed by atoms with Crippen LogP contribution in [0.1, 0.15) is 45.7 Å². The maximum absolute atomic E-state index is 12.6. The van der Waals surface area contributed by atoms with Crippen molar-refractivity contribution in [3.8, 4) is 5.75 Å². The number of benzene rings is 4. The van der Waals surface area contributed by atoms with Gasteiger partial charge in [-0.1, -0.05) is 30.4 Å². The molecule has 0 aliphatic carbocycles. The molecule has 0 unspecified atom stereocenters. The molecule has 9 nitrogen and oxygen atoms in total. The third kappa shape index (κ3) is 6.48. The van der Waals surface area contributed by atoms with E-state index in [4.69, 9.17) is 5.11 Å². The Morgan fingerprint density at radius 3 is 1.37 bits per heavy atom. The van der Waals surface area contributed by atoms with Crippen molar-refractivity contribution in [2.24, 2.45) is 0 Å². The summed E-state index contributed by atoms with van der Waals surface area (Å²) < 4.78 is 0. The van der Waals surface area contributed by atoms with Gasteiger partial charge in [0, 0.05) is 36.6 Å². The Bertz CT molecular complexity index is 1640. The van der Waals surface area contributed by atoms with Crippen molar-refractivity contribution in [1.29, 1.82) is 0 Å². The Morgan fingerprint density at radius 1 is 0.561 bits per heavy atom. The fraction of sp³-hybridized carbons (Fsp3) is 0.0625. The summed E-state index contributed by atoms with van der Waals surface area (Å²) in [4.78, 5) is 50.5. The number of rotatable bonds is 8. The first kappa shape index (κ1) is 28.3. The summed E-state index contributed by atoms with van der Waals surface area (Å²) in [6.45, 7) is 2.85. The molecule has 0 saturated carbocycles. The third-order valence-corrected chi connectivity index (χ3v) is 6.24. The lowest BCUT2D eigenvalue weighted by Gasteiger charge is -2.24. The van der Waals surface area contributed by atoms with E-state index in [9.17, 15) is 29.4 Å². The molecule has 0 heterocycles. The van der Waals surface area contributed by atoms with Gasteiger partial charge in [0.2, 0.25) is 11.8 Å². The molecule has 0 fully saturated rings. The number of anilines is 4. The van der Waals surface area contributed by atoms with Crippen molar-refractivity contribution < 1.29 is 34.5 Å². The van der Waals surface area contributed by atoms with Gasteiger partial charge in [-0.25, -0.2) is 9.59 Å². The van der Waals surface area contributed by atoms with Crippen molar-refractivity contribution in [3.05, 3.63) is 113 Å². The monoisotopic (exact) mass is 550 g/mol. The van der Waals surface area contributed by atoms with Gasteiger partial charge in [-0.05, 0) is 83.9 Å². The highest BCUT2D eigenvalue weighted by Crippen LogP contribution is 2.31. The molecular formula is C32H26N2O7. The number of aromatic carboxylic acids is 2. The minimum absolute atomic E-state index is 0.110. The number of hydrogen-bond donors (Lipinski definition) is 3. The zero-order chi connectivity index (χ0) is 29.7. The predicted molar refractivity (Wildman–Crippen MR) is 156 cm³/mol. The maximum atomic E-state index is 12.6. The van der Waals surface area contributed by atoms with Gasteiger partial charge in [0.15, 0.2) is 0 Å². The number of carbonyl (C=O) groups is 4. The molecule has 0 aliphatic rings. The van der Waals surface area contributed by atoms with Crippen molar-refractivity contribution >= 4 is 58.7 Å². The van der Waals surface area contributed by atoms with Gasteiger partial charge in [-0.3, -0.25) is 19.4 Å². The van der Waals surface area contributed by atoms with E-state index < -0.39 is 11.9 Å². The van der Waals surface area contributed by atoms with Crippen LogP contribution in [0.4, 0.5) is 22.7 Å². The Morgan fingerprint density at radius 2 is 0.951 bits per heavy atom. The van der Waals surface area contributed by atoms with E-state index in [0.29, 0.717) is 28.3 Å². The number of amides is 2. The van der Waals surface area contributed by atoms with Gasteiger partial charge >= 0.3 is 11.9 Å². The van der Waals surface area contributed by atoms with Crippen molar-refractivity contribution in [3.63, 3.8) is 0 Å². The molecule has 9 heteroatoms. The minimum Gasteiger partial charge on any atom is -0.507 e. The first-order valence-corrected chi connectivity index (χ1v) is 12.4. The van der Waals surface area contributed by atoms with Crippen molar-refractivity contribution in [2.75, 3.05) is 9.80 Å². The summed E-state index contributed by atoms with van der Waals surface area (Å²) in [5, 5.41) is 28.0. The zero-order valence-corrected chi connectivity index (χ0v) is 22.2. The van der Waals surface area contributed by atoms with Gasteiger partial charge in [-0.15, -0.1) is 0 Å². The summed E-state index contributed by atoms with van der Waals surface area (Å²) in [6.07, 6.45) is 3.51. The van der Waals surface area contributed by atoms with Crippen LogP contribution in [0, 0.1) is 0 Å². The normalized spacial score (nSPS) is 10.8. The molecule has 0 aliphatic heterocycles. The highest BCUT2D eigenvalue weighted by atomic mass is 16.4. The van der Waals surface area contributed by atoms with E-state index in [0.717, 1.165) is 5.56 Å². The molecule has 0 bridgehead atoms. The number of carbonyl (C=O) groups excluding carboxylic acids is 2. The molecule has 206 valence electrons. The molecule has 0 spiro atoms. The summed E-state index contributed by atoms with van der Waals surface area (Å²) in [5.41, 5.74) is 3.59. The molecule has 3 N–H and O–H groups in total. The van der Waals surface area contributed by atoms with E-state index in [2.05, 4.69) is 0 Å². The SMILES string of the molecule is CC(=O)N(c1ccc(/C=C/c2ccc(O)c(C(=O)O)c2)cc1)c1ccc(N(C(C)=O)c2ccc(C(=O)O)cc2)cc1. The lowest BCUT2D eigenvalue weighted by Crippen LogP contribution is -2.24. The molecule has 0 atom stereocenters. The van der Waals surface area contributed by atoms with Crippen LogP contribution < -0.4 is 9.80 Å². The topological polar surface area (TPSA) is 135 Å². The molecule has 0 saturated heterocycles. The zero-order valence-electron chi connectivity index (χ0n) is 22.2. The predicted octanol–water partition coefficient (Wildman–Crippen LogP) is 6.33. The highest BCUT2D eigenvalue weighted by Gasteiger charge is 2.18. The molecular weight excluding hydrogens is 524 g/mol. The van der Waals surface area contributed by atoms with Crippen LogP contribution in [0.15, 0.2) is 91.0 Å². The second-order valence-corrected chi connectivity index (χ2v) is 9.08. The number of carboxylic acids is 2. The van der Waals surface area contributed by atoms with Crippen LogP contribution >= 0.6 is 0 Å². The Hall–Kier alpha value is -5.70.